The van der Waals surface area contributed by atoms with Crippen molar-refractivity contribution in [3.8, 4) is 0 Å². The van der Waals surface area contributed by atoms with E-state index in [9.17, 15) is 13.2 Å². The molecule has 2 aromatic carbocycles. The third kappa shape index (κ3) is 3.43. The molecule has 3 rings (SSSR count). The van der Waals surface area contributed by atoms with E-state index >= 15 is 0 Å². The summed E-state index contributed by atoms with van der Waals surface area (Å²) in [7, 11) is -3.68. The molecule has 5 nitrogen and oxygen atoms in total. The largest absolute Gasteiger partial charge is 0.354 e. The first-order valence-corrected chi connectivity index (χ1v) is 10.7. The van der Waals surface area contributed by atoms with Crippen molar-refractivity contribution in [1.82, 2.24) is 5.32 Å². The molecular weight excluding hydrogens is 348 g/mol. The number of hydrogen-bond acceptors (Lipinski definition) is 3. The van der Waals surface area contributed by atoms with Crippen molar-refractivity contribution in [2.45, 2.75) is 44.4 Å². The number of benzene rings is 2. The first kappa shape index (κ1) is 18.7. The molecule has 1 atom stereocenters. The van der Waals surface area contributed by atoms with Crippen LogP contribution >= 0.6 is 0 Å². The molecule has 1 amide bonds. The normalized spacial score (nSPS) is 16.0. The fourth-order valence-electron chi connectivity index (χ4n) is 3.52. The van der Waals surface area contributed by atoms with Gasteiger partial charge < -0.3 is 5.32 Å². The molecule has 26 heavy (non-hydrogen) atoms. The molecule has 0 aromatic heterocycles. The zero-order valence-corrected chi connectivity index (χ0v) is 16.2. The molecule has 140 valence electrons. The van der Waals surface area contributed by atoms with E-state index in [-0.39, 0.29) is 17.3 Å². The van der Waals surface area contributed by atoms with E-state index in [2.05, 4.69) is 19.2 Å². The van der Waals surface area contributed by atoms with Gasteiger partial charge in [-0.3, -0.25) is 9.10 Å². The Balaban J connectivity index is 1.75. The molecule has 0 spiro atoms. The molecule has 0 radical (unpaired) electrons. The summed E-state index contributed by atoms with van der Waals surface area (Å²) >= 11 is 0. The van der Waals surface area contributed by atoms with E-state index in [1.165, 1.54) is 4.31 Å². The topological polar surface area (TPSA) is 66.5 Å². The van der Waals surface area contributed by atoms with Crippen LogP contribution in [0.25, 0.3) is 10.8 Å². The second kappa shape index (κ2) is 7.66. The quantitative estimate of drug-likeness (QED) is 0.766. The molecule has 0 bridgehead atoms. The molecule has 0 aliphatic carbocycles. The fraction of sp³-hybridized carbons (Fsp3) is 0.450. The maximum atomic E-state index is 12.9. The minimum atomic E-state index is -3.68. The van der Waals surface area contributed by atoms with Gasteiger partial charge in [0.15, 0.2) is 0 Å². The predicted molar refractivity (Wildman–Crippen MR) is 105 cm³/mol. The van der Waals surface area contributed by atoms with Crippen LogP contribution in [0, 0.1) is 5.92 Å². The first-order chi connectivity index (χ1) is 12.5. The lowest BCUT2D eigenvalue weighted by atomic mass is 9.99. The summed E-state index contributed by atoms with van der Waals surface area (Å²) in [5.74, 6) is 0.183. The van der Waals surface area contributed by atoms with Crippen LogP contribution in [0.3, 0.4) is 0 Å². The van der Waals surface area contributed by atoms with Gasteiger partial charge in [-0.15, -0.1) is 0 Å². The van der Waals surface area contributed by atoms with Crippen molar-refractivity contribution in [3.63, 3.8) is 0 Å². The number of carbonyl (C=O) groups excluding carboxylic acids is 1. The van der Waals surface area contributed by atoms with Gasteiger partial charge in [-0.25, -0.2) is 8.42 Å². The van der Waals surface area contributed by atoms with Crippen molar-refractivity contribution < 1.29 is 13.2 Å². The number of anilines is 1. The highest BCUT2D eigenvalue weighted by Gasteiger charge is 2.36. The Morgan fingerprint density at radius 2 is 1.88 bits per heavy atom. The molecule has 1 N–H and O–H groups in total. The molecule has 0 unspecified atom stereocenters. The summed E-state index contributed by atoms with van der Waals surface area (Å²) in [6.45, 7) is 4.69. The number of nitrogens with one attached hydrogen (secondary N) is 1. The van der Waals surface area contributed by atoms with Gasteiger partial charge in [0.1, 0.15) is 6.54 Å². The van der Waals surface area contributed by atoms with E-state index in [1.807, 2.05) is 18.2 Å². The predicted octanol–water partition coefficient (Wildman–Crippen LogP) is 3.68. The van der Waals surface area contributed by atoms with Gasteiger partial charge in [0, 0.05) is 11.9 Å². The van der Waals surface area contributed by atoms with Crippen molar-refractivity contribution in [3.05, 3.63) is 36.4 Å². The number of unbranched alkanes of at least 4 members (excludes halogenated alkanes) is 1. The van der Waals surface area contributed by atoms with Crippen molar-refractivity contribution in [2.75, 3.05) is 17.4 Å². The molecule has 2 aromatic rings. The number of amides is 1. The van der Waals surface area contributed by atoms with Crippen molar-refractivity contribution in [2.24, 2.45) is 5.92 Å². The number of hydrogen-bond donors (Lipinski definition) is 1. The number of carbonyl (C=O) groups is 1. The van der Waals surface area contributed by atoms with E-state index in [4.69, 9.17) is 0 Å². The molecule has 1 aliphatic heterocycles. The van der Waals surface area contributed by atoms with Gasteiger partial charge >= 0.3 is 0 Å². The van der Waals surface area contributed by atoms with Gasteiger partial charge in [-0.2, -0.15) is 0 Å². The van der Waals surface area contributed by atoms with Gasteiger partial charge in [-0.1, -0.05) is 57.4 Å². The zero-order valence-electron chi connectivity index (χ0n) is 15.4. The Morgan fingerprint density at radius 1 is 1.15 bits per heavy atom. The van der Waals surface area contributed by atoms with Gasteiger partial charge in [-0.05, 0) is 29.9 Å². The third-order valence-electron chi connectivity index (χ3n) is 5.10. The Kier molecular flexibility index (Phi) is 5.51. The lowest BCUT2D eigenvalue weighted by Gasteiger charge is -2.20. The lowest BCUT2D eigenvalue weighted by molar-refractivity contribution is -0.119. The maximum absolute atomic E-state index is 12.9. The van der Waals surface area contributed by atoms with Crippen LogP contribution in [-0.4, -0.2) is 27.4 Å². The average Bonchev–Trinajstić information content (AvgIpc) is 2.85. The third-order valence-corrected chi connectivity index (χ3v) is 6.90. The Bertz CT molecular complexity index is 903. The first-order valence-electron chi connectivity index (χ1n) is 9.30. The average molecular weight is 375 g/mol. The zero-order chi connectivity index (χ0) is 18.7. The summed E-state index contributed by atoms with van der Waals surface area (Å²) in [4.78, 5) is 12.7. The maximum Gasteiger partial charge on any atom is 0.265 e. The van der Waals surface area contributed by atoms with Crippen LogP contribution < -0.4 is 9.62 Å². The van der Waals surface area contributed by atoms with Crippen LogP contribution in [0.1, 0.15) is 39.5 Å². The number of nitrogens with zero attached hydrogens (tertiary/aromatic N) is 1. The fourth-order valence-corrected chi connectivity index (χ4v) is 5.18. The Labute approximate surface area is 155 Å². The van der Waals surface area contributed by atoms with E-state index in [1.54, 1.807) is 18.2 Å². The van der Waals surface area contributed by atoms with Gasteiger partial charge in [0.05, 0.1) is 10.6 Å². The standard InChI is InChI=1S/C20H26N2O3S/c1-3-5-8-15(4-2)13-21-19(23)14-22-17-11-6-9-16-10-7-12-18(20(16)17)26(22,24)25/h6-7,9-12,15H,3-5,8,13-14H2,1-2H3,(H,21,23)/t15-/m1/s1. The highest BCUT2D eigenvalue weighted by Crippen LogP contribution is 2.41. The molecule has 0 fully saturated rings. The molecule has 0 saturated carbocycles. The van der Waals surface area contributed by atoms with Crippen molar-refractivity contribution in [1.29, 1.82) is 0 Å². The van der Waals surface area contributed by atoms with E-state index < -0.39 is 10.0 Å². The monoisotopic (exact) mass is 374 g/mol. The minimum absolute atomic E-state index is 0.180. The summed E-state index contributed by atoms with van der Waals surface area (Å²) in [6.07, 6.45) is 4.37. The Morgan fingerprint density at radius 3 is 2.58 bits per heavy atom. The second-order valence-electron chi connectivity index (χ2n) is 6.86. The van der Waals surface area contributed by atoms with Crippen LogP contribution in [0.4, 0.5) is 5.69 Å². The summed E-state index contributed by atoms with van der Waals surface area (Å²) in [6, 6.07) is 10.7. The number of sulfonamides is 1. The van der Waals surface area contributed by atoms with Crippen LogP contribution in [0.2, 0.25) is 0 Å². The summed E-state index contributed by atoms with van der Waals surface area (Å²) in [5, 5.41) is 4.50. The molecule has 0 saturated heterocycles. The molecule has 1 heterocycles. The van der Waals surface area contributed by atoms with Gasteiger partial charge in [0.25, 0.3) is 10.0 Å². The molecule has 1 aliphatic rings. The SMILES string of the molecule is CCCC[C@@H](CC)CNC(=O)CN1c2cccc3cccc(c23)S1(=O)=O. The highest BCUT2D eigenvalue weighted by molar-refractivity contribution is 7.93. The van der Waals surface area contributed by atoms with Crippen LogP contribution in [0.5, 0.6) is 0 Å². The molecular formula is C20H26N2O3S. The number of rotatable bonds is 8. The molecule has 6 heteroatoms. The van der Waals surface area contributed by atoms with E-state index in [0.717, 1.165) is 31.1 Å². The van der Waals surface area contributed by atoms with Crippen LogP contribution in [-0.2, 0) is 14.8 Å². The summed E-state index contributed by atoms with van der Waals surface area (Å²) < 4.78 is 27.0. The van der Waals surface area contributed by atoms with Crippen LogP contribution in [0.15, 0.2) is 41.3 Å². The van der Waals surface area contributed by atoms with Gasteiger partial charge in [0.2, 0.25) is 5.91 Å². The van der Waals surface area contributed by atoms with E-state index in [0.29, 0.717) is 23.5 Å². The smallest absolute Gasteiger partial charge is 0.265 e. The minimum Gasteiger partial charge on any atom is -0.354 e. The lowest BCUT2D eigenvalue weighted by Crippen LogP contribution is -2.40. The summed E-state index contributed by atoms with van der Waals surface area (Å²) in [5.41, 5.74) is 0.589. The highest BCUT2D eigenvalue weighted by atomic mass is 32.2. The Hall–Kier alpha value is -2.08. The van der Waals surface area contributed by atoms with Crippen molar-refractivity contribution >= 4 is 32.4 Å². The second-order valence-corrected chi connectivity index (χ2v) is 8.69.